The van der Waals surface area contributed by atoms with Gasteiger partial charge in [-0.2, -0.15) is 0 Å². The quantitative estimate of drug-likeness (QED) is 0.592. The summed E-state index contributed by atoms with van der Waals surface area (Å²) in [6.45, 7) is 13.7. The highest BCUT2D eigenvalue weighted by Crippen LogP contribution is 2.38. The van der Waals surface area contributed by atoms with E-state index in [9.17, 15) is 4.79 Å². The van der Waals surface area contributed by atoms with Crippen LogP contribution in [0, 0.1) is 0 Å². The number of aliphatic imine (C=N–C) groups is 1. The number of dihydropyridines is 1. The predicted octanol–water partition coefficient (Wildman–Crippen LogP) is 3.12. The fraction of sp³-hybridized carbons (Fsp3) is 0.765. The molecule has 0 aromatic heterocycles. The Balaban J connectivity index is 1.91. The van der Waals surface area contributed by atoms with Crippen molar-refractivity contribution in [2.24, 2.45) is 4.99 Å². The SMILES string of the molecule is CC(C)(C)OC(=O)C[C@H]1CC=C(B2OC(C)(C)C(C)(C)O2)C=N1. The average Bonchev–Trinajstić information content (AvgIpc) is 2.56. The van der Waals surface area contributed by atoms with Crippen molar-refractivity contribution >= 4 is 19.3 Å². The fourth-order valence-electron chi connectivity index (χ4n) is 2.42. The van der Waals surface area contributed by atoms with Crippen LogP contribution in [0.15, 0.2) is 16.5 Å². The maximum absolute atomic E-state index is 11.9. The highest BCUT2D eigenvalue weighted by Gasteiger charge is 2.52. The third kappa shape index (κ3) is 4.45. The van der Waals surface area contributed by atoms with E-state index in [1.807, 2.05) is 54.5 Å². The molecule has 0 aliphatic carbocycles. The van der Waals surface area contributed by atoms with Crippen LogP contribution in [0.5, 0.6) is 0 Å². The van der Waals surface area contributed by atoms with Crippen LogP contribution in [0.2, 0.25) is 0 Å². The molecule has 2 aliphatic heterocycles. The Labute approximate surface area is 139 Å². The van der Waals surface area contributed by atoms with Crippen LogP contribution >= 0.6 is 0 Å². The smallest absolute Gasteiger partial charge is 0.460 e. The molecule has 0 radical (unpaired) electrons. The minimum Gasteiger partial charge on any atom is -0.460 e. The number of esters is 1. The van der Waals surface area contributed by atoms with Gasteiger partial charge >= 0.3 is 13.1 Å². The normalized spacial score (nSPS) is 26.1. The van der Waals surface area contributed by atoms with E-state index in [-0.39, 0.29) is 23.2 Å². The minimum absolute atomic E-state index is 0.0731. The third-order valence-corrected chi connectivity index (χ3v) is 4.41. The number of carbonyl (C=O) groups excluding carboxylic acids is 1. The van der Waals surface area contributed by atoms with Crippen LogP contribution in [0.25, 0.3) is 0 Å². The zero-order valence-electron chi connectivity index (χ0n) is 15.3. The van der Waals surface area contributed by atoms with Gasteiger partial charge < -0.3 is 14.0 Å². The molecule has 0 aromatic rings. The van der Waals surface area contributed by atoms with E-state index in [0.29, 0.717) is 12.8 Å². The second kappa shape index (κ2) is 6.06. The van der Waals surface area contributed by atoms with Gasteiger partial charge in [0.05, 0.1) is 23.7 Å². The van der Waals surface area contributed by atoms with E-state index in [2.05, 4.69) is 4.99 Å². The van der Waals surface area contributed by atoms with Crippen LogP contribution in [-0.2, 0) is 18.8 Å². The van der Waals surface area contributed by atoms with Gasteiger partial charge in [0.25, 0.3) is 0 Å². The largest absolute Gasteiger partial charge is 0.496 e. The fourth-order valence-corrected chi connectivity index (χ4v) is 2.42. The molecule has 6 heteroatoms. The molecule has 0 N–H and O–H groups in total. The molecule has 0 unspecified atom stereocenters. The van der Waals surface area contributed by atoms with Crippen molar-refractivity contribution in [2.75, 3.05) is 0 Å². The highest BCUT2D eigenvalue weighted by atomic mass is 16.7. The summed E-state index contributed by atoms with van der Waals surface area (Å²) in [7, 11) is -0.397. The molecule has 0 spiro atoms. The van der Waals surface area contributed by atoms with Gasteiger partial charge in [0, 0.05) is 6.21 Å². The number of hydrogen-bond acceptors (Lipinski definition) is 5. The molecule has 0 amide bonds. The minimum atomic E-state index is -0.459. The lowest BCUT2D eigenvalue weighted by Crippen LogP contribution is -2.41. The lowest BCUT2D eigenvalue weighted by molar-refractivity contribution is -0.155. The molecule has 128 valence electrons. The van der Waals surface area contributed by atoms with E-state index in [1.54, 1.807) is 6.21 Å². The molecule has 2 rings (SSSR count). The molecule has 2 aliphatic rings. The first-order valence-corrected chi connectivity index (χ1v) is 8.20. The predicted molar refractivity (Wildman–Crippen MR) is 91.5 cm³/mol. The van der Waals surface area contributed by atoms with Gasteiger partial charge in [-0.05, 0) is 60.4 Å². The molecule has 23 heavy (non-hydrogen) atoms. The summed E-state index contributed by atoms with van der Waals surface area (Å²) in [4.78, 5) is 16.3. The van der Waals surface area contributed by atoms with Crippen LogP contribution in [0.1, 0.15) is 61.3 Å². The summed E-state index contributed by atoms with van der Waals surface area (Å²) in [5, 5.41) is 0. The number of ether oxygens (including phenoxy) is 1. The van der Waals surface area contributed by atoms with Gasteiger partial charge in [0.15, 0.2) is 0 Å². The van der Waals surface area contributed by atoms with Crippen molar-refractivity contribution < 1.29 is 18.8 Å². The summed E-state index contributed by atoms with van der Waals surface area (Å²) < 4.78 is 17.4. The van der Waals surface area contributed by atoms with Crippen LogP contribution in [-0.4, -0.2) is 42.1 Å². The first-order valence-electron chi connectivity index (χ1n) is 8.20. The van der Waals surface area contributed by atoms with E-state index in [0.717, 1.165) is 5.47 Å². The Morgan fingerprint density at radius 3 is 2.30 bits per heavy atom. The molecule has 1 atom stereocenters. The molecular weight excluding hydrogens is 293 g/mol. The molecule has 0 aromatic carbocycles. The average molecular weight is 321 g/mol. The Hall–Kier alpha value is -1.14. The van der Waals surface area contributed by atoms with Gasteiger partial charge in [-0.25, -0.2) is 0 Å². The first-order chi connectivity index (χ1) is 10.4. The number of rotatable bonds is 3. The summed E-state index contributed by atoms with van der Waals surface area (Å²) >= 11 is 0. The molecule has 1 saturated heterocycles. The zero-order chi connectivity index (χ0) is 17.5. The number of hydrogen-bond donors (Lipinski definition) is 0. The maximum Gasteiger partial charge on any atom is 0.496 e. The third-order valence-electron chi connectivity index (χ3n) is 4.41. The highest BCUT2D eigenvalue weighted by molar-refractivity contribution is 6.60. The van der Waals surface area contributed by atoms with Crippen molar-refractivity contribution in [1.29, 1.82) is 0 Å². The Morgan fingerprint density at radius 1 is 1.30 bits per heavy atom. The second-order valence-electron chi connectivity index (χ2n) is 8.25. The van der Waals surface area contributed by atoms with Gasteiger partial charge in [-0.3, -0.25) is 9.79 Å². The molecule has 5 nitrogen and oxygen atoms in total. The number of carbonyl (C=O) groups is 1. The van der Waals surface area contributed by atoms with E-state index in [4.69, 9.17) is 14.0 Å². The molecule has 0 bridgehead atoms. The van der Waals surface area contributed by atoms with Crippen LogP contribution < -0.4 is 0 Å². The summed E-state index contributed by atoms with van der Waals surface area (Å²) in [5.74, 6) is -0.216. The molecular formula is C17H28BNO4. The van der Waals surface area contributed by atoms with Crippen molar-refractivity contribution in [3.8, 4) is 0 Å². The van der Waals surface area contributed by atoms with E-state index >= 15 is 0 Å². The maximum atomic E-state index is 11.9. The van der Waals surface area contributed by atoms with Crippen molar-refractivity contribution in [1.82, 2.24) is 0 Å². The Morgan fingerprint density at radius 2 is 1.87 bits per heavy atom. The van der Waals surface area contributed by atoms with Gasteiger partial charge in [-0.15, -0.1) is 0 Å². The standard InChI is InChI=1S/C17H28BNO4/c1-15(2,3)21-14(20)10-13-9-8-12(11-19-13)18-22-16(4,5)17(6,7)23-18/h8,11,13H,9-10H2,1-7H3/t13-/m1/s1. The van der Waals surface area contributed by atoms with Crippen LogP contribution in [0.4, 0.5) is 0 Å². The lowest BCUT2D eigenvalue weighted by Gasteiger charge is -2.32. The topological polar surface area (TPSA) is 57.1 Å². The lowest BCUT2D eigenvalue weighted by atomic mass is 9.77. The van der Waals surface area contributed by atoms with E-state index in [1.165, 1.54) is 0 Å². The van der Waals surface area contributed by atoms with Gasteiger partial charge in [0.2, 0.25) is 0 Å². The number of nitrogens with zero attached hydrogens (tertiary/aromatic N) is 1. The van der Waals surface area contributed by atoms with Crippen LogP contribution in [0.3, 0.4) is 0 Å². The van der Waals surface area contributed by atoms with Gasteiger partial charge in [-0.1, -0.05) is 6.08 Å². The van der Waals surface area contributed by atoms with Gasteiger partial charge in [0.1, 0.15) is 5.60 Å². The van der Waals surface area contributed by atoms with Crippen molar-refractivity contribution in [3.63, 3.8) is 0 Å². The van der Waals surface area contributed by atoms with Crippen molar-refractivity contribution in [2.45, 2.75) is 84.2 Å². The summed E-state index contributed by atoms with van der Waals surface area (Å²) in [6.07, 6.45) is 4.79. The Bertz CT molecular complexity index is 515. The molecule has 1 fully saturated rings. The zero-order valence-corrected chi connectivity index (χ0v) is 15.3. The second-order valence-corrected chi connectivity index (χ2v) is 8.25. The Kier molecular flexibility index (Phi) is 4.80. The number of allylic oxidation sites excluding steroid dienone is 1. The monoisotopic (exact) mass is 321 g/mol. The molecule has 2 heterocycles. The summed E-state index contributed by atoms with van der Waals surface area (Å²) in [6, 6.07) is -0.0731. The summed E-state index contributed by atoms with van der Waals surface area (Å²) in [5.41, 5.74) is -0.262. The molecule has 0 saturated carbocycles. The first kappa shape index (κ1) is 18.2. The van der Waals surface area contributed by atoms with E-state index < -0.39 is 12.7 Å². The van der Waals surface area contributed by atoms with Crippen molar-refractivity contribution in [3.05, 3.63) is 11.5 Å².